The van der Waals surface area contributed by atoms with Gasteiger partial charge in [0, 0.05) is 21.5 Å². The molecule has 0 aliphatic carbocycles. The molecule has 0 fully saturated rings. The zero-order chi connectivity index (χ0) is 39.1. The number of nitrogens with zero attached hydrogens (tertiary/aromatic N) is 6. The normalized spacial score (nSPS) is 13.7. The van der Waals surface area contributed by atoms with Crippen LogP contribution >= 0.6 is 0 Å². The van der Waals surface area contributed by atoms with E-state index in [9.17, 15) is 57.9 Å². The van der Waals surface area contributed by atoms with Crippen LogP contribution in [0.15, 0.2) is 82.9 Å². The lowest BCUT2D eigenvalue weighted by molar-refractivity contribution is -0.144. The third-order valence-electron chi connectivity index (χ3n) is 8.64. The number of rotatable bonds is 2. The Bertz CT molecular complexity index is 2710. The predicted octanol–water partition coefficient (Wildman–Crippen LogP) is 10.5. The third-order valence-corrected chi connectivity index (χ3v) is 8.64. The zero-order valence-electron chi connectivity index (χ0n) is 26.1. The van der Waals surface area contributed by atoms with E-state index in [1.54, 1.807) is 6.19 Å². The molecule has 0 unspecified atom stereocenters. The Morgan fingerprint density at radius 3 is 1.33 bits per heavy atom. The first-order chi connectivity index (χ1) is 25.2. The van der Waals surface area contributed by atoms with Crippen molar-refractivity contribution in [3.63, 3.8) is 0 Å². The molecule has 270 valence electrons. The molecule has 0 bridgehead atoms. The van der Waals surface area contributed by atoms with Crippen molar-refractivity contribution in [1.29, 1.82) is 5.26 Å². The van der Waals surface area contributed by atoms with Gasteiger partial charge >= 0.3 is 24.7 Å². The van der Waals surface area contributed by atoms with Gasteiger partial charge in [0.1, 0.15) is 16.4 Å². The summed E-state index contributed by atoms with van der Waals surface area (Å²) in [5, 5.41) is 13.4. The van der Waals surface area contributed by atoms with E-state index in [2.05, 4.69) is 25.0 Å². The van der Waals surface area contributed by atoms with E-state index in [4.69, 9.17) is 6.57 Å². The van der Waals surface area contributed by atoms with Gasteiger partial charge in [0.05, 0.1) is 38.4 Å². The second-order valence-corrected chi connectivity index (χ2v) is 11.8. The van der Waals surface area contributed by atoms with Gasteiger partial charge in [0.2, 0.25) is 6.19 Å². The fourth-order valence-electron chi connectivity index (χ4n) is 6.35. The molecule has 18 heteroatoms. The lowest BCUT2D eigenvalue weighted by Gasteiger charge is -2.16. The van der Waals surface area contributed by atoms with Gasteiger partial charge in [0.25, 0.3) is 0 Å². The molecule has 54 heavy (non-hydrogen) atoms. The lowest BCUT2D eigenvalue weighted by atomic mass is 9.95. The summed E-state index contributed by atoms with van der Waals surface area (Å²) in [5.41, 5.74) is -7.85. The standard InChI is InChI=1S/C36H12F12N6/c1-50-54-30-24-11-16(20-9-5-18(34(40,41)42)13-26(20)36(46,47)48)3-7-22(24)29-32(30)53-28-21-6-2-15(10-23(21)27(51-14-49)31(28)52-29)19-8-4-17(33(37,38)39)12-25(19)35(43,44)45/h2-13H/b51-27?,54-30-. The van der Waals surface area contributed by atoms with Crippen molar-refractivity contribution in [3.8, 4) is 28.4 Å². The SMILES string of the molecule is [C-]#[N+]/N=c1/c2cc(-c3ccc(C(F)(F)F)cc3C(F)(F)F)ccc2c2nc3c(=NC#N)c4cc(-c5ccc(C(F)(F)F)cc5C(F)(F)F)ccc4c3nc12. The topological polar surface area (TPSA) is 78.6 Å². The number of benzene rings is 4. The Labute approximate surface area is 292 Å². The van der Waals surface area contributed by atoms with Crippen LogP contribution in [0.3, 0.4) is 0 Å². The zero-order valence-corrected chi connectivity index (χ0v) is 26.1. The van der Waals surface area contributed by atoms with Crippen LogP contribution in [0.25, 0.3) is 70.8 Å². The molecule has 0 spiro atoms. The molecule has 0 saturated carbocycles. The minimum Gasteiger partial charge on any atom is -0.241 e. The molecule has 0 aliphatic rings. The fraction of sp³-hybridized carbons (Fsp3) is 0.111. The first-order valence-electron chi connectivity index (χ1n) is 14.9. The predicted molar refractivity (Wildman–Crippen MR) is 169 cm³/mol. The van der Waals surface area contributed by atoms with E-state index in [0.29, 0.717) is 24.3 Å². The summed E-state index contributed by atoms with van der Waals surface area (Å²) >= 11 is 0. The van der Waals surface area contributed by atoms with Crippen LogP contribution in [0.4, 0.5) is 52.7 Å². The number of fused-ring (bicyclic) bond motifs is 6. The molecule has 1 heterocycles. The Morgan fingerprint density at radius 2 is 0.944 bits per heavy atom. The highest BCUT2D eigenvalue weighted by molar-refractivity contribution is 6.15. The average molecular weight is 757 g/mol. The number of hydrogen-bond acceptors (Lipinski definition) is 5. The Morgan fingerprint density at radius 1 is 0.519 bits per heavy atom. The van der Waals surface area contributed by atoms with Gasteiger partial charge in [-0.2, -0.15) is 69.5 Å². The molecule has 6 nitrogen and oxygen atoms in total. The summed E-state index contributed by atoms with van der Waals surface area (Å²) in [6.45, 7) is 7.37. The molecule has 7 aromatic rings. The molecule has 0 amide bonds. The van der Waals surface area contributed by atoms with Crippen molar-refractivity contribution in [1.82, 2.24) is 9.97 Å². The van der Waals surface area contributed by atoms with Gasteiger partial charge in [-0.1, -0.05) is 36.4 Å². The van der Waals surface area contributed by atoms with Crippen LogP contribution in [0.1, 0.15) is 22.3 Å². The fourth-order valence-corrected chi connectivity index (χ4v) is 6.35. The van der Waals surface area contributed by atoms with Crippen molar-refractivity contribution >= 4 is 43.6 Å². The summed E-state index contributed by atoms with van der Waals surface area (Å²) in [4.78, 5) is 16.0. The Balaban J connectivity index is 1.48. The molecule has 6 aromatic carbocycles. The van der Waals surface area contributed by atoms with Gasteiger partial charge < -0.3 is 0 Å². The first-order valence-corrected chi connectivity index (χ1v) is 14.9. The maximum absolute atomic E-state index is 14.0. The molecule has 0 saturated heterocycles. The van der Waals surface area contributed by atoms with Crippen molar-refractivity contribution in [2.75, 3.05) is 0 Å². The van der Waals surface area contributed by atoms with Crippen molar-refractivity contribution in [2.24, 2.45) is 10.1 Å². The van der Waals surface area contributed by atoms with Crippen molar-refractivity contribution < 1.29 is 52.7 Å². The van der Waals surface area contributed by atoms with Crippen molar-refractivity contribution in [2.45, 2.75) is 24.7 Å². The monoisotopic (exact) mass is 756 g/mol. The molecule has 0 N–H and O–H groups in total. The highest BCUT2D eigenvalue weighted by Crippen LogP contribution is 2.43. The molecule has 0 radical (unpaired) electrons. The number of hydrogen-bond donors (Lipinski definition) is 0. The molecule has 7 rings (SSSR count). The van der Waals surface area contributed by atoms with Crippen LogP contribution < -0.4 is 10.7 Å². The van der Waals surface area contributed by atoms with Crippen LogP contribution in [0.2, 0.25) is 0 Å². The second kappa shape index (κ2) is 12.0. The summed E-state index contributed by atoms with van der Waals surface area (Å²) in [5.74, 6) is 0. The smallest absolute Gasteiger partial charge is 0.241 e. The van der Waals surface area contributed by atoms with Gasteiger partial charge in [-0.05, 0) is 58.7 Å². The third kappa shape index (κ3) is 5.89. The highest BCUT2D eigenvalue weighted by Gasteiger charge is 2.40. The first kappa shape index (κ1) is 35.8. The van der Waals surface area contributed by atoms with Gasteiger partial charge in [-0.3, -0.25) is 0 Å². The summed E-state index contributed by atoms with van der Waals surface area (Å²) in [6, 6.07) is 9.60. The second-order valence-electron chi connectivity index (χ2n) is 11.8. The maximum Gasteiger partial charge on any atom is 0.417 e. The highest BCUT2D eigenvalue weighted by atomic mass is 19.4. The minimum absolute atomic E-state index is 0.0144. The number of aromatic nitrogens is 2. The van der Waals surface area contributed by atoms with Gasteiger partial charge in [-0.15, -0.1) is 4.95 Å². The molecule has 0 aliphatic heterocycles. The van der Waals surface area contributed by atoms with Crippen LogP contribution in [0, 0.1) is 18.0 Å². The van der Waals surface area contributed by atoms with Gasteiger partial charge in [-0.25, -0.2) is 9.97 Å². The van der Waals surface area contributed by atoms with E-state index in [1.165, 1.54) is 36.4 Å². The Kier molecular flexibility index (Phi) is 7.95. The van der Waals surface area contributed by atoms with E-state index in [0.717, 1.165) is 0 Å². The van der Waals surface area contributed by atoms with Crippen LogP contribution in [0.5, 0.6) is 0 Å². The average Bonchev–Trinajstić information content (AvgIpc) is 3.56. The molecular weight excluding hydrogens is 744 g/mol. The van der Waals surface area contributed by atoms with E-state index in [1.807, 2.05) is 0 Å². The summed E-state index contributed by atoms with van der Waals surface area (Å²) < 4.78 is 164. The number of alkyl halides is 12. The van der Waals surface area contributed by atoms with Gasteiger partial charge in [0.15, 0.2) is 5.36 Å². The quantitative estimate of drug-likeness (QED) is 0.0763. The van der Waals surface area contributed by atoms with E-state index < -0.39 is 58.1 Å². The molecular formula is C36H12F12N6. The largest absolute Gasteiger partial charge is 0.417 e. The maximum atomic E-state index is 14.0. The number of nitriles is 1. The minimum atomic E-state index is -5.20. The lowest BCUT2D eigenvalue weighted by Crippen LogP contribution is -2.12. The van der Waals surface area contributed by atoms with Crippen LogP contribution in [-0.2, 0) is 24.7 Å². The molecule has 1 aromatic heterocycles. The van der Waals surface area contributed by atoms with E-state index >= 15 is 0 Å². The number of halogens is 12. The Hall–Kier alpha value is -6.56. The molecule has 0 atom stereocenters. The van der Waals surface area contributed by atoms with Crippen LogP contribution in [-0.4, -0.2) is 9.97 Å². The summed E-state index contributed by atoms with van der Waals surface area (Å²) in [7, 11) is 0. The van der Waals surface area contributed by atoms with E-state index in [-0.39, 0.29) is 77.6 Å². The summed E-state index contributed by atoms with van der Waals surface area (Å²) in [6.07, 6.45) is -18.9. The van der Waals surface area contributed by atoms with Crippen molar-refractivity contribution in [3.05, 3.63) is 117 Å².